The van der Waals surface area contributed by atoms with Crippen molar-refractivity contribution in [3.63, 3.8) is 0 Å². The monoisotopic (exact) mass is 243 g/mol. The third kappa shape index (κ3) is 4.06. The Labute approximate surface area is 103 Å². The molecule has 16 heavy (non-hydrogen) atoms. The number of amides is 1. The number of rotatable bonds is 4. The molecule has 0 saturated carbocycles. The van der Waals surface area contributed by atoms with Crippen molar-refractivity contribution in [2.75, 3.05) is 32.7 Å². The van der Waals surface area contributed by atoms with Gasteiger partial charge in [-0.2, -0.15) is 0 Å². The van der Waals surface area contributed by atoms with E-state index in [0.717, 1.165) is 39.1 Å². The highest BCUT2D eigenvalue weighted by Crippen LogP contribution is 2.07. The number of nitrogens with two attached hydrogens (primary N) is 1. The maximum atomic E-state index is 11.7. The molecule has 1 aliphatic rings. The van der Waals surface area contributed by atoms with Gasteiger partial charge in [0.15, 0.2) is 0 Å². The lowest BCUT2D eigenvalue weighted by atomic mass is 10.1. The summed E-state index contributed by atoms with van der Waals surface area (Å²) in [6, 6.07) is 0. The lowest BCUT2D eigenvalue weighted by molar-refractivity contribution is -0.136. The molecule has 0 unspecified atom stereocenters. The van der Waals surface area contributed by atoms with E-state index in [4.69, 9.17) is 18.0 Å². The Morgan fingerprint density at radius 2 is 1.88 bits per heavy atom. The molecule has 5 heteroatoms. The van der Waals surface area contributed by atoms with Gasteiger partial charge in [0.25, 0.3) is 0 Å². The number of thiocarbonyl (C=S) groups is 1. The second-order valence-electron chi connectivity index (χ2n) is 4.54. The van der Waals surface area contributed by atoms with Crippen LogP contribution in [0.4, 0.5) is 0 Å². The van der Waals surface area contributed by atoms with E-state index in [9.17, 15) is 4.79 Å². The molecule has 0 aromatic carbocycles. The van der Waals surface area contributed by atoms with Crippen molar-refractivity contribution in [1.82, 2.24) is 9.80 Å². The highest BCUT2D eigenvalue weighted by molar-refractivity contribution is 7.80. The van der Waals surface area contributed by atoms with Gasteiger partial charge in [0.05, 0.1) is 4.99 Å². The molecular formula is C11H21N3OS. The second kappa shape index (κ2) is 6.15. The number of carbonyl (C=O) groups is 1. The first-order valence-electron chi connectivity index (χ1n) is 5.80. The first kappa shape index (κ1) is 13.4. The third-order valence-electron chi connectivity index (χ3n) is 2.85. The van der Waals surface area contributed by atoms with E-state index in [1.807, 2.05) is 18.7 Å². The predicted octanol–water partition coefficient (Wildman–Crippen LogP) is 0.463. The van der Waals surface area contributed by atoms with Crippen LogP contribution in [0.15, 0.2) is 0 Å². The summed E-state index contributed by atoms with van der Waals surface area (Å²) >= 11 is 4.85. The summed E-state index contributed by atoms with van der Waals surface area (Å²) in [5.74, 6) is 0.358. The Morgan fingerprint density at radius 1 is 1.31 bits per heavy atom. The van der Waals surface area contributed by atoms with Crippen molar-refractivity contribution < 1.29 is 4.79 Å². The molecule has 1 amide bonds. The minimum absolute atomic E-state index is 0.100. The molecule has 0 aromatic heterocycles. The van der Waals surface area contributed by atoms with Gasteiger partial charge in [-0.25, -0.2) is 0 Å². The van der Waals surface area contributed by atoms with Crippen molar-refractivity contribution in [3.8, 4) is 0 Å². The zero-order chi connectivity index (χ0) is 12.1. The first-order valence-corrected chi connectivity index (χ1v) is 6.21. The largest absolute Gasteiger partial charge is 0.393 e. The van der Waals surface area contributed by atoms with E-state index in [0.29, 0.717) is 4.99 Å². The smallest absolute Gasteiger partial charge is 0.225 e. The van der Waals surface area contributed by atoms with Crippen LogP contribution in [0.5, 0.6) is 0 Å². The van der Waals surface area contributed by atoms with Crippen LogP contribution in [0.2, 0.25) is 0 Å². The first-order chi connectivity index (χ1) is 7.50. The van der Waals surface area contributed by atoms with Crippen LogP contribution in [0.1, 0.15) is 20.3 Å². The molecule has 1 heterocycles. The van der Waals surface area contributed by atoms with E-state index >= 15 is 0 Å². The average molecular weight is 243 g/mol. The minimum atomic E-state index is 0.100. The highest BCUT2D eigenvalue weighted by atomic mass is 32.1. The van der Waals surface area contributed by atoms with Gasteiger partial charge in [-0.1, -0.05) is 26.1 Å². The zero-order valence-electron chi connectivity index (χ0n) is 10.1. The lowest BCUT2D eigenvalue weighted by Gasteiger charge is -2.35. The Bertz CT molecular complexity index is 260. The van der Waals surface area contributed by atoms with Crippen LogP contribution in [0, 0.1) is 5.92 Å². The normalized spacial score (nSPS) is 17.8. The summed E-state index contributed by atoms with van der Waals surface area (Å²) in [5.41, 5.74) is 5.47. The van der Waals surface area contributed by atoms with Crippen LogP contribution in [-0.2, 0) is 4.79 Å². The molecule has 0 aliphatic carbocycles. The van der Waals surface area contributed by atoms with Crippen LogP contribution in [-0.4, -0.2) is 53.4 Å². The zero-order valence-corrected chi connectivity index (χ0v) is 10.9. The van der Waals surface area contributed by atoms with E-state index in [-0.39, 0.29) is 11.8 Å². The number of carbonyl (C=O) groups excluding carboxylic acids is 1. The lowest BCUT2D eigenvalue weighted by Crippen LogP contribution is -2.50. The van der Waals surface area contributed by atoms with E-state index in [2.05, 4.69) is 4.90 Å². The van der Waals surface area contributed by atoms with Gasteiger partial charge in [0, 0.05) is 45.1 Å². The fourth-order valence-corrected chi connectivity index (χ4v) is 1.92. The topological polar surface area (TPSA) is 49.6 Å². The summed E-state index contributed by atoms with van der Waals surface area (Å²) in [5, 5.41) is 0. The average Bonchev–Trinajstić information content (AvgIpc) is 2.26. The molecule has 4 nitrogen and oxygen atoms in total. The summed E-state index contributed by atoms with van der Waals surface area (Å²) in [6.45, 7) is 8.33. The SMILES string of the molecule is CC(C)C(=O)N1CCN(CCC(N)=S)CC1. The third-order valence-corrected chi connectivity index (χ3v) is 3.06. The molecule has 0 atom stereocenters. The van der Waals surface area contributed by atoms with Gasteiger partial charge in [0.1, 0.15) is 0 Å². The molecule has 0 spiro atoms. The van der Waals surface area contributed by atoms with Crippen LogP contribution < -0.4 is 5.73 Å². The van der Waals surface area contributed by atoms with Crippen molar-refractivity contribution in [3.05, 3.63) is 0 Å². The van der Waals surface area contributed by atoms with Gasteiger partial charge in [-0.15, -0.1) is 0 Å². The number of piperazine rings is 1. The molecule has 0 radical (unpaired) electrons. The minimum Gasteiger partial charge on any atom is -0.393 e. The quantitative estimate of drug-likeness (QED) is 0.729. The van der Waals surface area contributed by atoms with Crippen LogP contribution in [0.3, 0.4) is 0 Å². The standard InChI is InChI=1S/C11H21N3OS/c1-9(2)11(15)14-7-5-13(6-8-14)4-3-10(12)16/h9H,3-8H2,1-2H3,(H2,12,16). The molecular weight excluding hydrogens is 222 g/mol. The fourth-order valence-electron chi connectivity index (χ4n) is 1.83. The molecule has 2 N–H and O–H groups in total. The van der Waals surface area contributed by atoms with Crippen LogP contribution >= 0.6 is 12.2 Å². The summed E-state index contributed by atoms with van der Waals surface area (Å²) in [4.78, 5) is 16.6. The van der Waals surface area contributed by atoms with Gasteiger partial charge < -0.3 is 10.6 Å². The molecule has 1 aliphatic heterocycles. The van der Waals surface area contributed by atoms with Crippen molar-refractivity contribution in [2.45, 2.75) is 20.3 Å². The van der Waals surface area contributed by atoms with Gasteiger partial charge in [-0.3, -0.25) is 9.69 Å². The van der Waals surface area contributed by atoms with Gasteiger partial charge in [0.2, 0.25) is 5.91 Å². The maximum absolute atomic E-state index is 11.7. The molecule has 0 bridgehead atoms. The molecule has 1 rings (SSSR count). The Balaban J connectivity index is 2.28. The summed E-state index contributed by atoms with van der Waals surface area (Å²) in [7, 11) is 0. The van der Waals surface area contributed by atoms with E-state index in [1.165, 1.54) is 0 Å². The van der Waals surface area contributed by atoms with Gasteiger partial charge in [-0.05, 0) is 0 Å². The molecule has 92 valence electrons. The molecule has 1 fully saturated rings. The Kier molecular flexibility index (Phi) is 5.15. The predicted molar refractivity (Wildman–Crippen MR) is 69.3 cm³/mol. The fraction of sp³-hybridized carbons (Fsp3) is 0.818. The van der Waals surface area contributed by atoms with Gasteiger partial charge >= 0.3 is 0 Å². The van der Waals surface area contributed by atoms with E-state index in [1.54, 1.807) is 0 Å². The van der Waals surface area contributed by atoms with Crippen molar-refractivity contribution >= 4 is 23.1 Å². The van der Waals surface area contributed by atoms with Crippen molar-refractivity contribution in [2.24, 2.45) is 11.7 Å². The number of hydrogen-bond donors (Lipinski definition) is 1. The second-order valence-corrected chi connectivity index (χ2v) is 5.06. The summed E-state index contributed by atoms with van der Waals surface area (Å²) in [6.07, 6.45) is 0.771. The Hall–Kier alpha value is -0.680. The maximum Gasteiger partial charge on any atom is 0.225 e. The Morgan fingerprint density at radius 3 is 2.31 bits per heavy atom. The number of hydrogen-bond acceptors (Lipinski definition) is 3. The molecule has 0 aromatic rings. The molecule has 1 saturated heterocycles. The highest BCUT2D eigenvalue weighted by Gasteiger charge is 2.22. The van der Waals surface area contributed by atoms with Crippen LogP contribution in [0.25, 0.3) is 0 Å². The number of nitrogens with zero attached hydrogens (tertiary/aromatic N) is 2. The summed E-state index contributed by atoms with van der Waals surface area (Å²) < 4.78 is 0. The van der Waals surface area contributed by atoms with E-state index < -0.39 is 0 Å². The van der Waals surface area contributed by atoms with Crippen molar-refractivity contribution in [1.29, 1.82) is 0 Å².